The topological polar surface area (TPSA) is 56.5 Å². The molecule has 4 heteroatoms. The van der Waals surface area contributed by atoms with Crippen LogP contribution in [-0.2, 0) is 4.74 Å². The zero-order chi connectivity index (χ0) is 12.7. The highest BCUT2D eigenvalue weighted by molar-refractivity contribution is 5.47. The summed E-state index contributed by atoms with van der Waals surface area (Å²) in [7, 11) is 3.36. The lowest BCUT2D eigenvalue weighted by Crippen LogP contribution is -2.37. The van der Waals surface area contributed by atoms with Crippen molar-refractivity contribution in [2.75, 3.05) is 32.7 Å². The Morgan fingerprint density at radius 3 is 2.35 bits per heavy atom. The molecule has 0 aliphatic rings. The number of methoxy groups -OCH3 is 2. The van der Waals surface area contributed by atoms with E-state index in [1.54, 1.807) is 14.2 Å². The Hall–Kier alpha value is -1.26. The molecule has 17 heavy (non-hydrogen) atoms. The molecule has 0 fully saturated rings. The van der Waals surface area contributed by atoms with Crippen LogP contribution < -0.4 is 15.8 Å². The first kappa shape index (κ1) is 13.8. The third kappa shape index (κ3) is 4.24. The van der Waals surface area contributed by atoms with Gasteiger partial charge in [0.05, 0.1) is 13.7 Å². The molecule has 0 radical (unpaired) electrons. The summed E-state index contributed by atoms with van der Waals surface area (Å²) in [6.07, 6.45) is 0. The van der Waals surface area contributed by atoms with E-state index in [1.807, 2.05) is 24.3 Å². The lowest BCUT2D eigenvalue weighted by molar-refractivity contribution is 0.151. The van der Waals surface area contributed by atoms with E-state index in [9.17, 15) is 0 Å². The molecular formula is C13H22N2O2. The minimum Gasteiger partial charge on any atom is -0.497 e. The molecule has 1 aromatic rings. The van der Waals surface area contributed by atoms with Gasteiger partial charge in [0.25, 0.3) is 0 Å². The average Bonchev–Trinajstić information content (AvgIpc) is 2.37. The Balaban J connectivity index is 2.60. The molecular weight excluding hydrogens is 216 g/mol. The van der Waals surface area contributed by atoms with E-state index in [-0.39, 0.29) is 6.04 Å². The molecule has 0 aliphatic heterocycles. The van der Waals surface area contributed by atoms with Gasteiger partial charge in [-0.3, -0.25) is 0 Å². The van der Waals surface area contributed by atoms with Gasteiger partial charge in [-0.15, -0.1) is 0 Å². The molecule has 96 valence electrons. The highest BCUT2D eigenvalue weighted by Gasteiger charge is 2.15. The monoisotopic (exact) mass is 238 g/mol. The van der Waals surface area contributed by atoms with E-state index >= 15 is 0 Å². The fourth-order valence-electron chi connectivity index (χ4n) is 1.71. The number of hydrogen-bond donors (Lipinski definition) is 2. The van der Waals surface area contributed by atoms with Crippen LogP contribution in [0.2, 0.25) is 0 Å². The molecule has 4 nitrogen and oxygen atoms in total. The van der Waals surface area contributed by atoms with Crippen LogP contribution in [0.15, 0.2) is 24.3 Å². The van der Waals surface area contributed by atoms with Crippen molar-refractivity contribution in [1.82, 2.24) is 0 Å². The summed E-state index contributed by atoms with van der Waals surface area (Å²) in [5, 5.41) is 3.40. The molecule has 0 heterocycles. The Kier molecular flexibility index (Phi) is 5.80. The standard InChI is InChI=1S/C13H22N2O2/c1-10(9-16-2)13(8-14)15-11-4-6-12(17-3)7-5-11/h4-7,10,13,15H,8-9,14H2,1-3H3. The van der Waals surface area contributed by atoms with Crippen LogP contribution in [0.5, 0.6) is 5.75 Å². The molecule has 2 atom stereocenters. The summed E-state index contributed by atoms with van der Waals surface area (Å²) in [5.41, 5.74) is 6.81. The molecule has 1 rings (SSSR count). The third-order valence-corrected chi connectivity index (χ3v) is 2.81. The van der Waals surface area contributed by atoms with E-state index in [4.69, 9.17) is 15.2 Å². The van der Waals surface area contributed by atoms with Crippen molar-refractivity contribution >= 4 is 5.69 Å². The number of nitrogens with one attached hydrogen (secondary N) is 1. The minimum absolute atomic E-state index is 0.211. The summed E-state index contributed by atoms with van der Waals surface area (Å²) in [4.78, 5) is 0. The summed E-state index contributed by atoms with van der Waals surface area (Å²) in [5.74, 6) is 1.22. The van der Waals surface area contributed by atoms with Crippen LogP contribution in [0, 0.1) is 5.92 Å². The maximum atomic E-state index is 5.77. The molecule has 0 bridgehead atoms. The highest BCUT2D eigenvalue weighted by Crippen LogP contribution is 2.17. The number of ether oxygens (including phenoxy) is 2. The molecule has 0 amide bonds. The Morgan fingerprint density at radius 1 is 1.24 bits per heavy atom. The van der Waals surface area contributed by atoms with Crippen LogP contribution in [0.4, 0.5) is 5.69 Å². The summed E-state index contributed by atoms with van der Waals surface area (Å²) in [6.45, 7) is 3.40. The van der Waals surface area contributed by atoms with Crippen LogP contribution in [0.25, 0.3) is 0 Å². The fourth-order valence-corrected chi connectivity index (χ4v) is 1.71. The molecule has 3 N–H and O–H groups in total. The second-order valence-corrected chi connectivity index (χ2v) is 4.15. The first-order valence-corrected chi connectivity index (χ1v) is 5.80. The molecule has 0 saturated carbocycles. The van der Waals surface area contributed by atoms with E-state index in [0.29, 0.717) is 19.1 Å². The number of nitrogens with two attached hydrogens (primary N) is 1. The van der Waals surface area contributed by atoms with Gasteiger partial charge < -0.3 is 20.5 Å². The number of rotatable bonds is 7. The fraction of sp³-hybridized carbons (Fsp3) is 0.538. The van der Waals surface area contributed by atoms with Crippen molar-refractivity contribution in [2.24, 2.45) is 11.7 Å². The Bertz CT molecular complexity index is 314. The van der Waals surface area contributed by atoms with Gasteiger partial charge >= 0.3 is 0 Å². The van der Waals surface area contributed by atoms with Crippen molar-refractivity contribution in [3.05, 3.63) is 24.3 Å². The molecule has 0 aliphatic carbocycles. The van der Waals surface area contributed by atoms with Gasteiger partial charge in [-0.1, -0.05) is 6.92 Å². The predicted octanol–water partition coefficient (Wildman–Crippen LogP) is 1.72. The van der Waals surface area contributed by atoms with Gasteiger partial charge in [0.2, 0.25) is 0 Å². The normalized spacial score (nSPS) is 14.1. The van der Waals surface area contributed by atoms with E-state index < -0.39 is 0 Å². The number of benzene rings is 1. The highest BCUT2D eigenvalue weighted by atomic mass is 16.5. The van der Waals surface area contributed by atoms with Crippen LogP contribution in [0.3, 0.4) is 0 Å². The minimum atomic E-state index is 0.211. The van der Waals surface area contributed by atoms with Crippen molar-refractivity contribution in [2.45, 2.75) is 13.0 Å². The van der Waals surface area contributed by atoms with Crippen molar-refractivity contribution < 1.29 is 9.47 Å². The summed E-state index contributed by atoms with van der Waals surface area (Å²) < 4.78 is 10.3. The maximum absolute atomic E-state index is 5.77. The second kappa shape index (κ2) is 7.14. The zero-order valence-electron chi connectivity index (χ0n) is 10.8. The van der Waals surface area contributed by atoms with E-state index in [0.717, 1.165) is 11.4 Å². The van der Waals surface area contributed by atoms with Gasteiger partial charge in [0, 0.05) is 31.3 Å². The smallest absolute Gasteiger partial charge is 0.119 e. The Morgan fingerprint density at radius 2 is 1.88 bits per heavy atom. The van der Waals surface area contributed by atoms with Crippen molar-refractivity contribution in [3.8, 4) is 5.75 Å². The first-order chi connectivity index (χ1) is 8.21. The van der Waals surface area contributed by atoms with Crippen LogP contribution in [0.1, 0.15) is 6.92 Å². The maximum Gasteiger partial charge on any atom is 0.119 e. The van der Waals surface area contributed by atoms with Gasteiger partial charge in [0.15, 0.2) is 0 Å². The Labute approximate surface area is 103 Å². The summed E-state index contributed by atoms with van der Waals surface area (Å²) >= 11 is 0. The third-order valence-electron chi connectivity index (χ3n) is 2.81. The number of anilines is 1. The molecule has 0 spiro atoms. The first-order valence-electron chi connectivity index (χ1n) is 5.80. The van der Waals surface area contributed by atoms with E-state index in [1.165, 1.54) is 0 Å². The second-order valence-electron chi connectivity index (χ2n) is 4.15. The van der Waals surface area contributed by atoms with Gasteiger partial charge in [-0.2, -0.15) is 0 Å². The molecule has 0 aromatic heterocycles. The van der Waals surface area contributed by atoms with Crippen LogP contribution >= 0.6 is 0 Å². The zero-order valence-corrected chi connectivity index (χ0v) is 10.8. The van der Waals surface area contributed by atoms with Crippen molar-refractivity contribution in [3.63, 3.8) is 0 Å². The van der Waals surface area contributed by atoms with Gasteiger partial charge in [0.1, 0.15) is 5.75 Å². The summed E-state index contributed by atoms with van der Waals surface area (Å²) in [6, 6.07) is 8.04. The van der Waals surface area contributed by atoms with Crippen LogP contribution in [-0.4, -0.2) is 33.4 Å². The predicted molar refractivity (Wildman–Crippen MR) is 70.5 cm³/mol. The van der Waals surface area contributed by atoms with Gasteiger partial charge in [-0.25, -0.2) is 0 Å². The lowest BCUT2D eigenvalue weighted by atomic mass is 10.0. The SMILES string of the molecule is COCC(C)C(CN)Nc1ccc(OC)cc1. The number of hydrogen-bond acceptors (Lipinski definition) is 4. The molecule has 1 aromatic carbocycles. The van der Waals surface area contributed by atoms with E-state index in [2.05, 4.69) is 12.2 Å². The molecule has 0 saturated heterocycles. The lowest BCUT2D eigenvalue weighted by Gasteiger charge is -2.24. The largest absolute Gasteiger partial charge is 0.497 e. The molecule has 2 unspecified atom stereocenters. The van der Waals surface area contributed by atoms with Gasteiger partial charge in [-0.05, 0) is 24.3 Å². The van der Waals surface area contributed by atoms with Crippen molar-refractivity contribution in [1.29, 1.82) is 0 Å². The average molecular weight is 238 g/mol. The quantitative estimate of drug-likeness (QED) is 0.759.